The van der Waals surface area contributed by atoms with Crippen molar-refractivity contribution in [3.05, 3.63) is 11.6 Å². The van der Waals surface area contributed by atoms with E-state index in [9.17, 15) is 9.59 Å². The van der Waals surface area contributed by atoms with Crippen LogP contribution >= 0.6 is 0 Å². The molecule has 1 saturated carbocycles. The van der Waals surface area contributed by atoms with Crippen LogP contribution in [0.2, 0.25) is 0 Å². The molecule has 5 nitrogen and oxygen atoms in total. The third-order valence-electron chi connectivity index (χ3n) is 7.35. The molecule has 1 N–H and O–H groups in total. The van der Waals surface area contributed by atoms with Crippen molar-refractivity contribution in [1.29, 1.82) is 0 Å². The molecule has 2 fully saturated rings. The Kier molecular flexibility index (Phi) is 9.81. The number of carboxylic acids is 1. The fourth-order valence-corrected chi connectivity index (χ4v) is 5.62. The number of allylic oxidation sites excluding steroid dienone is 2. The highest BCUT2D eigenvalue weighted by Gasteiger charge is 2.49. The number of unbranched alkanes of at least 4 members (excludes halogenated alkanes) is 1. The van der Waals surface area contributed by atoms with Crippen molar-refractivity contribution in [3.63, 3.8) is 0 Å². The fourth-order valence-electron chi connectivity index (χ4n) is 5.62. The maximum absolute atomic E-state index is 13.4. The van der Waals surface area contributed by atoms with E-state index in [-0.39, 0.29) is 24.7 Å². The molecule has 5 heteroatoms. The van der Waals surface area contributed by atoms with Crippen molar-refractivity contribution >= 4 is 11.8 Å². The molecule has 0 amide bonds. The van der Waals surface area contributed by atoms with Crippen molar-refractivity contribution in [2.75, 3.05) is 6.61 Å². The van der Waals surface area contributed by atoms with Crippen LogP contribution in [0.1, 0.15) is 90.9 Å². The SMILES string of the molecule is CC#CCC(C)CCC(=O)[C@@H]1[C@@H]2CC(CCCCC(=O)O)=C[C@@H]2C[C@H]1OC1CCCCO1. The number of ketones is 1. The van der Waals surface area contributed by atoms with Crippen molar-refractivity contribution < 1.29 is 24.2 Å². The van der Waals surface area contributed by atoms with Crippen molar-refractivity contribution in [2.45, 2.75) is 103 Å². The zero-order valence-corrected chi connectivity index (χ0v) is 19.8. The minimum absolute atomic E-state index is 0.0452. The summed E-state index contributed by atoms with van der Waals surface area (Å²) in [5.74, 6) is 6.80. The van der Waals surface area contributed by atoms with Crippen LogP contribution in [-0.2, 0) is 19.1 Å². The maximum Gasteiger partial charge on any atom is 0.303 e. The third kappa shape index (κ3) is 7.18. The Hall–Kier alpha value is -1.64. The first kappa shape index (κ1) is 25.0. The van der Waals surface area contributed by atoms with E-state index in [1.165, 1.54) is 5.57 Å². The summed E-state index contributed by atoms with van der Waals surface area (Å²) in [5.41, 5.74) is 1.40. The summed E-state index contributed by atoms with van der Waals surface area (Å²) in [4.78, 5) is 24.2. The first-order chi connectivity index (χ1) is 15.5. The number of hydrogen-bond donors (Lipinski definition) is 1. The molecular formula is C27H40O5. The van der Waals surface area contributed by atoms with E-state index in [0.29, 0.717) is 36.4 Å². The Balaban J connectivity index is 1.59. The number of carbonyl (C=O) groups excluding carboxylic acids is 1. The van der Waals surface area contributed by atoms with E-state index in [0.717, 1.165) is 64.4 Å². The number of fused-ring (bicyclic) bond motifs is 1. The highest BCUT2D eigenvalue weighted by Crippen LogP contribution is 2.50. The van der Waals surface area contributed by atoms with E-state index in [1.54, 1.807) is 0 Å². The Bertz CT molecular complexity index is 724. The van der Waals surface area contributed by atoms with E-state index in [1.807, 2.05) is 6.92 Å². The first-order valence-corrected chi connectivity index (χ1v) is 12.6. The van der Waals surface area contributed by atoms with Crippen molar-refractivity contribution in [1.82, 2.24) is 0 Å². The van der Waals surface area contributed by atoms with Gasteiger partial charge in [-0.25, -0.2) is 0 Å². The Labute approximate surface area is 193 Å². The molecule has 0 aromatic rings. The van der Waals surface area contributed by atoms with Gasteiger partial charge in [-0.3, -0.25) is 9.59 Å². The second-order valence-electron chi connectivity index (χ2n) is 9.93. The molecule has 0 radical (unpaired) electrons. The largest absolute Gasteiger partial charge is 0.481 e. The van der Waals surface area contributed by atoms with Crippen molar-refractivity contribution in [3.8, 4) is 11.8 Å². The molecule has 6 atom stereocenters. The standard InChI is InChI=1S/C27H40O5/c1-3-4-9-19(2)13-14-23(28)27-22-17-20(10-5-6-11-25(29)30)16-21(22)18-24(27)32-26-12-7-8-15-31-26/h16,19,21-22,24,26-27H,5-15,17-18H2,1-2H3,(H,29,30)/t19?,21-,22-,24-,26?,27+/m1/s1. The lowest BCUT2D eigenvalue weighted by Gasteiger charge is -2.30. The molecule has 0 aromatic heterocycles. The Morgan fingerprint density at radius 3 is 2.84 bits per heavy atom. The smallest absolute Gasteiger partial charge is 0.303 e. The second-order valence-corrected chi connectivity index (χ2v) is 9.93. The maximum atomic E-state index is 13.4. The predicted molar refractivity (Wildman–Crippen MR) is 124 cm³/mol. The molecule has 3 rings (SSSR count). The van der Waals surface area contributed by atoms with E-state index in [4.69, 9.17) is 14.6 Å². The summed E-state index contributed by atoms with van der Waals surface area (Å²) in [5, 5.41) is 8.85. The minimum atomic E-state index is -0.725. The molecule has 3 aliphatic rings. The molecule has 0 bridgehead atoms. The molecule has 1 aliphatic heterocycles. The number of aliphatic carboxylic acids is 1. The lowest BCUT2D eigenvalue weighted by molar-refractivity contribution is -0.196. The summed E-state index contributed by atoms with van der Waals surface area (Å²) in [6.45, 7) is 4.78. The molecule has 32 heavy (non-hydrogen) atoms. The second kappa shape index (κ2) is 12.6. The van der Waals surface area contributed by atoms with Crippen LogP contribution < -0.4 is 0 Å². The van der Waals surface area contributed by atoms with Gasteiger partial charge in [0, 0.05) is 31.8 Å². The number of carbonyl (C=O) groups is 2. The van der Waals surface area contributed by atoms with Gasteiger partial charge in [0.1, 0.15) is 5.78 Å². The lowest BCUT2D eigenvalue weighted by atomic mass is 9.83. The van der Waals surface area contributed by atoms with Crippen LogP contribution in [0.15, 0.2) is 11.6 Å². The van der Waals surface area contributed by atoms with Crippen LogP contribution in [0.4, 0.5) is 0 Å². The highest BCUT2D eigenvalue weighted by molar-refractivity contribution is 5.82. The van der Waals surface area contributed by atoms with Gasteiger partial charge in [-0.2, -0.15) is 0 Å². The van der Waals surface area contributed by atoms with E-state index in [2.05, 4.69) is 24.8 Å². The number of ether oxygens (including phenoxy) is 2. The van der Waals surface area contributed by atoms with Crippen LogP contribution in [0.5, 0.6) is 0 Å². The number of carboxylic acid groups (broad SMARTS) is 1. The van der Waals surface area contributed by atoms with Crippen LogP contribution in [0.25, 0.3) is 0 Å². The average Bonchev–Trinajstić information content (AvgIpc) is 3.31. The molecule has 2 aliphatic carbocycles. The quantitative estimate of drug-likeness (QED) is 0.244. The van der Waals surface area contributed by atoms with Gasteiger partial charge in [-0.15, -0.1) is 11.8 Å². The third-order valence-corrected chi connectivity index (χ3v) is 7.35. The van der Waals surface area contributed by atoms with Crippen molar-refractivity contribution in [2.24, 2.45) is 23.7 Å². The van der Waals surface area contributed by atoms with Gasteiger partial charge in [0.05, 0.1) is 6.10 Å². The summed E-state index contributed by atoms with van der Waals surface area (Å²) in [7, 11) is 0. The van der Waals surface area contributed by atoms with Gasteiger partial charge in [0.2, 0.25) is 0 Å². The highest BCUT2D eigenvalue weighted by atomic mass is 16.7. The number of rotatable bonds is 12. The normalized spacial score (nSPS) is 30.2. The summed E-state index contributed by atoms with van der Waals surface area (Å²) in [6, 6.07) is 0. The molecule has 178 valence electrons. The van der Waals surface area contributed by atoms with Gasteiger partial charge < -0.3 is 14.6 Å². The van der Waals surface area contributed by atoms with Gasteiger partial charge in [0.25, 0.3) is 0 Å². The molecule has 0 aromatic carbocycles. The van der Waals surface area contributed by atoms with Gasteiger partial charge in [-0.1, -0.05) is 18.6 Å². The first-order valence-electron chi connectivity index (χ1n) is 12.6. The Morgan fingerprint density at radius 2 is 2.12 bits per heavy atom. The monoisotopic (exact) mass is 444 g/mol. The molecule has 1 heterocycles. The van der Waals surface area contributed by atoms with Crippen LogP contribution in [-0.4, -0.2) is 35.9 Å². The van der Waals surface area contributed by atoms with Gasteiger partial charge in [-0.05, 0) is 82.5 Å². The summed E-state index contributed by atoms with van der Waals surface area (Å²) >= 11 is 0. The summed E-state index contributed by atoms with van der Waals surface area (Å²) < 4.78 is 12.2. The number of hydrogen-bond acceptors (Lipinski definition) is 4. The van der Waals surface area contributed by atoms with Gasteiger partial charge >= 0.3 is 5.97 Å². The zero-order chi connectivity index (χ0) is 22.9. The molecule has 2 unspecified atom stereocenters. The number of Topliss-reactive ketones (excluding diaryl/α,β-unsaturated/α-hetero) is 1. The van der Waals surface area contributed by atoms with Crippen LogP contribution in [0, 0.1) is 35.5 Å². The molecular weight excluding hydrogens is 404 g/mol. The average molecular weight is 445 g/mol. The lowest BCUT2D eigenvalue weighted by Crippen LogP contribution is -2.35. The topological polar surface area (TPSA) is 72.8 Å². The van der Waals surface area contributed by atoms with E-state index >= 15 is 0 Å². The summed E-state index contributed by atoms with van der Waals surface area (Å²) in [6.07, 6.45) is 12.3. The zero-order valence-electron chi connectivity index (χ0n) is 19.8. The fraction of sp³-hybridized carbons (Fsp3) is 0.778. The minimum Gasteiger partial charge on any atom is -0.481 e. The van der Waals surface area contributed by atoms with Gasteiger partial charge in [0.15, 0.2) is 6.29 Å². The molecule has 1 saturated heterocycles. The Morgan fingerprint density at radius 1 is 1.28 bits per heavy atom. The van der Waals surface area contributed by atoms with Crippen LogP contribution in [0.3, 0.4) is 0 Å². The van der Waals surface area contributed by atoms with E-state index < -0.39 is 5.97 Å². The molecule has 0 spiro atoms. The predicted octanol–water partition coefficient (Wildman–Crippen LogP) is 5.52.